The van der Waals surface area contributed by atoms with Crippen LogP contribution < -0.4 is 15.4 Å². The first-order valence-corrected chi connectivity index (χ1v) is 10.1. The van der Waals surface area contributed by atoms with E-state index in [9.17, 15) is 0 Å². The second-order valence-corrected chi connectivity index (χ2v) is 7.11. The van der Waals surface area contributed by atoms with Gasteiger partial charge in [0.1, 0.15) is 5.75 Å². The van der Waals surface area contributed by atoms with E-state index in [1.807, 2.05) is 36.4 Å². The number of hydrogen-bond donors (Lipinski definition) is 2. The minimum absolute atomic E-state index is 0.631. The van der Waals surface area contributed by atoms with E-state index in [0.29, 0.717) is 10.0 Å². The normalized spacial score (nSPS) is 10.6. The lowest BCUT2D eigenvalue weighted by Gasteiger charge is -2.12. The Labute approximate surface area is 167 Å². The fraction of sp³-hybridized carbons (Fsp3) is 0.429. The van der Waals surface area contributed by atoms with Crippen LogP contribution in [-0.2, 0) is 0 Å². The van der Waals surface area contributed by atoms with Gasteiger partial charge in [0.2, 0.25) is 0 Å². The molecule has 0 saturated carbocycles. The lowest BCUT2D eigenvalue weighted by Crippen LogP contribution is -2.13. The minimum atomic E-state index is 0.631. The lowest BCUT2D eigenvalue weighted by molar-refractivity contribution is 0.304. The molecule has 0 aliphatic carbocycles. The van der Waals surface area contributed by atoms with Gasteiger partial charge in [0.15, 0.2) is 0 Å². The molecule has 0 heterocycles. The van der Waals surface area contributed by atoms with Gasteiger partial charge >= 0.3 is 0 Å². The van der Waals surface area contributed by atoms with Gasteiger partial charge in [-0.1, -0.05) is 61.9 Å². The Morgan fingerprint density at radius 1 is 0.885 bits per heavy atom. The number of hydrogen-bond acceptors (Lipinski definition) is 3. The summed E-state index contributed by atoms with van der Waals surface area (Å²) in [5, 5.41) is 7.96. The third-order valence-corrected chi connectivity index (χ3v) is 4.60. The Hall–Kier alpha value is -1.58. The van der Waals surface area contributed by atoms with Gasteiger partial charge in [-0.25, -0.2) is 0 Å². The second kappa shape index (κ2) is 11.9. The van der Waals surface area contributed by atoms with Crippen molar-refractivity contribution in [1.29, 1.82) is 0 Å². The molecule has 2 aromatic carbocycles. The van der Waals surface area contributed by atoms with E-state index in [1.54, 1.807) is 6.07 Å². The van der Waals surface area contributed by atoms with Crippen LogP contribution in [0, 0.1) is 0 Å². The number of benzene rings is 2. The average molecular weight is 395 g/mol. The Balaban J connectivity index is 1.67. The molecule has 0 unspecified atom stereocenters. The summed E-state index contributed by atoms with van der Waals surface area (Å²) < 4.78 is 5.84. The number of anilines is 2. The summed E-state index contributed by atoms with van der Waals surface area (Å²) in [6.45, 7) is 4.54. The van der Waals surface area contributed by atoms with Crippen LogP contribution >= 0.6 is 23.2 Å². The first kappa shape index (κ1) is 20.7. The first-order chi connectivity index (χ1) is 12.7. The van der Waals surface area contributed by atoms with Crippen molar-refractivity contribution < 1.29 is 4.74 Å². The third-order valence-electron chi connectivity index (χ3n) is 4.05. The molecule has 5 heteroatoms. The monoisotopic (exact) mass is 394 g/mol. The second-order valence-electron chi connectivity index (χ2n) is 6.27. The molecule has 2 aromatic rings. The van der Waals surface area contributed by atoms with Crippen LogP contribution in [0.3, 0.4) is 0 Å². The van der Waals surface area contributed by atoms with E-state index in [2.05, 4.69) is 17.6 Å². The molecule has 0 bridgehead atoms. The maximum absolute atomic E-state index is 6.15. The van der Waals surface area contributed by atoms with Gasteiger partial charge in [-0.05, 0) is 36.8 Å². The standard InChI is InChI=1S/C21H28Cl2N2O/c1-2-3-4-5-6-14-26-19-9-7-8-18(16-19)24-12-13-25-21-11-10-17(22)15-20(21)23/h7-11,15-16,24-25H,2-6,12-14H2,1H3. The van der Waals surface area contributed by atoms with Crippen LogP contribution in [0.5, 0.6) is 5.75 Å². The van der Waals surface area contributed by atoms with Crippen LogP contribution in [0.2, 0.25) is 10.0 Å². The first-order valence-electron chi connectivity index (χ1n) is 9.34. The average Bonchev–Trinajstić information content (AvgIpc) is 2.63. The van der Waals surface area contributed by atoms with Crippen molar-refractivity contribution in [2.45, 2.75) is 39.0 Å². The summed E-state index contributed by atoms with van der Waals surface area (Å²) >= 11 is 12.1. The lowest BCUT2D eigenvalue weighted by atomic mass is 10.2. The number of unbranched alkanes of at least 4 members (excludes halogenated alkanes) is 4. The largest absolute Gasteiger partial charge is 0.494 e. The Kier molecular flexibility index (Phi) is 9.51. The molecule has 2 rings (SSSR count). The SMILES string of the molecule is CCCCCCCOc1cccc(NCCNc2ccc(Cl)cc2Cl)c1. The molecule has 142 valence electrons. The van der Waals surface area contributed by atoms with E-state index in [0.717, 1.165) is 43.2 Å². The Morgan fingerprint density at radius 2 is 1.69 bits per heavy atom. The van der Waals surface area contributed by atoms with Gasteiger partial charge in [-0.2, -0.15) is 0 Å². The zero-order chi connectivity index (χ0) is 18.6. The summed E-state index contributed by atoms with van der Waals surface area (Å²) in [6, 6.07) is 13.6. The summed E-state index contributed by atoms with van der Waals surface area (Å²) in [7, 11) is 0. The van der Waals surface area contributed by atoms with E-state index >= 15 is 0 Å². The quantitative estimate of drug-likeness (QED) is 0.385. The number of ether oxygens (including phenoxy) is 1. The predicted octanol–water partition coefficient (Wildman–Crippen LogP) is 6.87. The molecule has 0 atom stereocenters. The molecular weight excluding hydrogens is 367 g/mol. The van der Waals surface area contributed by atoms with Crippen LogP contribution in [-0.4, -0.2) is 19.7 Å². The van der Waals surface area contributed by atoms with E-state index in [-0.39, 0.29) is 0 Å². The van der Waals surface area contributed by atoms with Crippen molar-refractivity contribution >= 4 is 34.6 Å². The van der Waals surface area contributed by atoms with Gasteiger partial charge < -0.3 is 15.4 Å². The molecule has 2 N–H and O–H groups in total. The number of nitrogens with one attached hydrogen (secondary N) is 2. The fourth-order valence-corrected chi connectivity index (χ4v) is 3.10. The highest BCUT2D eigenvalue weighted by atomic mass is 35.5. The van der Waals surface area contributed by atoms with Crippen molar-refractivity contribution in [2.75, 3.05) is 30.3 Å². The molecule has 0 aliphatic rings. The van der Waals surface area contributed by atoms with Crippen LogP contribution in [0.1, 0.15) is 39.0 Å². The predicted molar refractivity (Wildman–Crippen MR) is 114 cm³/mol. The summed E-state index contributed by atoms with van der Waals surface area (Å²) in [4.78, 5) is 0. The van der Waals surface area contributed by atoms with Crippen molar-refractivity contribution in [3.63, 3.8) is 0 Å². The van der Waals surface area contributed by atoms with Crippen LogP contribution in [0.4, 0.5) is 11.4 Å². The zero-order valence-electron chi connectivity index (χ0n) is 15.4. The summed E-state index contributed by atoms with van der Waals surface area (Å²) in [5.41, 5.74) is 1.94. The highest BCUT2D eigenvalue weighted by molar-refractivity contribution is 6.36. The Morgan fingerprint density at radius 3 is 2.50 bits per heavy atom. The van der Waals surface area contributed by atoms with Crippen molar-refractivity contribution in [1.82, 2.24) is 0 Å². The van der Waals surface area contributed by atoms with Gasteiger partial charge in [-0.15, -0.1) is 0 Å². The van der Waals surface area contributed by atoms with E-state index in [1.165, 1.54) is 25.7 Å². The fourth-order valence-electron chi connectivity index (χ4n) is 2.63. The van der Waals surface area contributed by atoms with Gasteiger partial charge in [-0.3, -0.25) is 0 Å². The van der Waals surface area contributed by atoms with Gasteiger partial charge in [0, 0.05) is 29.9 Å². The molecule has 0 fully saturated rings. The van der Waals surface area contributed by atoms with Crippen LogP contribution in [0.25, 0.3) is 0 Å². The Bertz CT molecular complexity index is 664. The number of halogens is 2. The highest BCUT2D eigenvalue weighted by Crippen LogP contribution is 2.25. The molecule has 0 spiro atoms. The molecule has 0 aliphatic heterocycles. The molecule has 0 radical (unpaired) electrons. The topological polar surface area (TPSA) is 33.3 Å². The number of rotatable bonds is 12. The van der Waals surface area contributed by atoms with Gasteiger partial charge in [0.05, 0.1) is 17.3 Å². The summed E-state index contributed by atoms with van der Waals surface area (Å²) in [5.74, 6) is 0.916. The molecule has 3 nitrogen and oxygen atoms in total. The van der Waals surface area contributed by atoms with Crippen molar-refractivity contribution in [3.05, 3.63) is 52.5 Å². The molecule has 0 aromatic heterocycles. The maximum atomic E-state index is 6.15. The molecule has 0 amide bonds. The van der Waals surface area contributed by atoms with Crippen molar-refractivity contribution in [2.24, 2.45) is 0 Å². The maximum Gasteiger partial charge on any atom is 0.121 e. The third kappa shape index (κ3) is 7.76. The summed E-state index contributed by atoms with van der Waals surface area (Å²) in [6.07, 6.45) is 6.24. The molecular formula is C21H28Cl2N2O. The van der Waals surface area contributed by atoms with Gasteiger partial charge in [0.25, 0.3) is 0 Å². The zero-order valence-corrected chi connectivity index (χ0v) is 16.9. The minimum Gasteiger partial charge on any atom is -0.494 e. The molecule has 26 heavy (non-hydrogen) atoms. The van der Waals surface area contributed by atoms with Crippen LogP contribution in [0.15, 0.2) is 42.5 Å². The highest BCUT2D eigenvalue weighted by Gasteiger charge is 2.01. The van der Waals surface area contributed by atoms with Crippen molar-refractivity contribution in [3.8, 4) is 5.75 Å². The van der Waals surface area contributed by atoms with E-state index in [4.69, 9.17) is 27.9 Å². The smallest absolute Gasteiger partial charge is 0.121 e. The van der Waals surface area contributed by atoms with E-state index < -0.39 is 0 Å². The molecule has 0 saturated heterocycles.